The zero-order chi connectivity index (χ0) is 9.40. The van der Waals surface area contributed by atoms with Gasteiger partial charge in [-0.1, -0.05) is 26.0 Å². The topological polar surface area (TPSA) is 33.0 Å². The molecule has 0 aliphatic carbocycles. The molecular weight excluding hydrogens is 157 g/mol. The molecule has 64 valence electrons. The molecule has 0 N–H and O–H groups in total. The molecule has 1 aromatic rings. The molecule has 3 heteroatoms. The predicted molar refractivity (Wildman–Crippen MR) is 44.2 cm³/mol. The summed E-state index contributed by atoms with van der Waals surface area (Å²) in [5, 5.41) is 8.35. The molecule has 1 rings (SSSR count). The second kappa shape index (κ2) is 6.17. The molecule has 0 heterocycles. The molecule has 0 aliphatic rings. The highest BCUT2D eigenvalue weighted by atomic mass is 19.3. The van der Waals surface area contributed by atoms with Crippen molar-refractivity contribution >= 4 is 0 Å². The Hall–Kier alpha value is -1.56. The maximum Gasteiger partial charge on any atom is 0.189 e. The van der Waals surface area contributed by atoms with E-state index in [9.17, 15) is 4.53 Å². The minimum Gasteiger partial charge on any atom is -0.293 e. The molecule has 1 aromatic carbocycles. The van der Waals surface area contributed by atoms with E-state index in [0.717, 1.165) is 0 Å². The van der Waals surface area contributed by atoms with E-state index in [1.807, 2.05) is 13.8 Å². The lowest BCUT2D eigenvalue weighted by Crippen LogP contribution is -1.80. The molecule has 12 heavy (non-hydrogen) atoms. The second-order valence-electron chi connectivity index (χ2n) is 1.69. The van der Waals surface area contributed by atoms with Gasteiger partial charge in [-0.05, 0) is 12.1 Å². The van der Waals surface area contributed by atoms with Crippen LogP contribution in [0.3, 0.4) is 0 Å². The lowest BCUT2D eigenvalue weighted by Gasteiger charge is -1.93. The van der Waals surface area contributed by atoms with Gasteiger partial charge >= 0.3 is 0 Å². The fraction of sp³-hybridized carbons (Fsp3) is 0.222. The smallest absolute Gasteiger partial charge is 0.189 e. The van der Waals surface area contributed by atoms with Crippen molar-refractivity contribution in [1.82, 2.24) is 0 Å². The Bertz CT molecular complexity index is 267. The minimum atomic E-state index is -0.0370. The molecule has 0 saturated heterocycles. The van der Waals surface area contributed by atoms with Crippen LogP contribution in [0.4, 0.5) is 4.53 Å². The molecule has 2 nitrogen and oxygen atoms in total. The second-order valence-corrected chi connectivity index (χ2v) is 1.69. The third-order valence-electron chi connectivity index (χ3n) is 1.09. The van der Waals surface area contributed by atoms with Crippen molar-refractivity contribution in [2.24, 2.45) is 0 Å². The number of rotatable bonds is 1. The van der Waals surface area contributed by atoms with Gasteiger partial charge in [0.15, 0.2) is 5.75 Å². The van der Waals surface area contributed by atoms with E-state index < -0.39 is 0 Å². The third-order valence-corrected chi connectivity index (χ3v) is 1.09. The fourth-order valence-corrected chi connectivity index (χ4v) is 0.626. The van der Waals surface area contributed by atoms with Crippen LogP contribution < -0.4 is 4.94 Å². The Morgan fingerprint density at radius 3 is 2.33 bits per heavy atom. The van der Waals surface area contributed by atoms with Gasteiger partial charge in [0.2, 0.25) is 0 Å². The average Bonchev–Trinajstić information content (AvgIpc) is 2.20. The highest BCUT2D eigenvalue weighted by molar-refractivity contribution is 5.41. The lowest BCUT2D eigenvalue weighted by molar-refractivity contribution is -0.00654. The lowest BCUT2D eigenvalue weighted by atomic mass is 10.2. The first-order chi connectivity index (χ1) is 5.88. The van der Waals surface area contributed by atoms with E-state index >= 15 is 0 Å². The molecule has 0 spiro atoms. The van der Waals surface area contributed by atoms with Gasteiger partial charge in [-0.25, -0.2) is 0 Å². The van der Waals surface area contributed by atoms with E-state index in [1.54, 1.807) is 18.2 Å². The maximum atomic E-state index is 11.5. The molecule has 0 bridgehead atoms. The van der Waals surface area contributed by atoms with Crippen molar-refractivity contribution in [1.29, 1.82) is 5.26 Å². The summed E-state index contributed by atoms with van der Waals surface area (Å²) in [6.07, 6.45) is 0. The van der Waals surface area contributed by atoms with Gasteiger partial charge in [-0.3, -0.25) is 4.94 Å². The van der Waals surface area contributed by atoms with Gasteiger partial charge in [-0.2, -0.15) is 5.26 Å². The van der Waals surface area contributed by atoms with Crippen molar-refractivity contribution < 1.29 is 9.47 Å². The van der Waals surface area contributed by atoms with Crippen molar-refractivity contribution in [2.45, 2.75) is 13.8 Å². The Kier molecular flexibility index (Phi) is 5.37. The van der Waals surface area contributed by atoms with Crippen molar-refractivity contribution in [2.75, 3.05) is 0 Å². The van der Waals surface area contributed by atoms with Gasteiger partial charge in [0.25, 0.3) is 0 Å². The summed E-state index contributed by atoms with van der Waals surface area (Å²) in [5.41, 5.74) is 0.199. The van der Waals surface area contributed by atoms with Gasteiger partial charge in [-0.15, -0.1) is 0 Å². The summed E-state index contributed by atoms with van der Waals surface area (Å²) in [6.45, 7) is 4.00. The van der Waals surface area contributed by atoms with Crippen LogP contribution in [-0.2, 0) is 0 Å². The first-order valence-corrected chi connectivity index (χ1v) is 3.66. The Morgan fingerprint density at radius 2 is 1.92 bits per heavy atom. The van der Waals surface area contributed by atoms with Gasteiger partial charge in [0.1, 0.15) is 6.07 Å². The monoisotopic (exact) mass is 167 g/mol. The van der Waals surface area contributed by atoms with Gasteiger partial charge in [0.05, 0.1) is 5.56 Å². The quantitative estimate of drug-likeness (QED) is 0.644. The Morgan fingerprint density at radius 1 is 1.33 bits per heavy atom. The minimum absolute atomic E-state index is 0.0370. The summed E-state index contributed by atoms with van der Waals surface area (Å²) in [7, 11) is 0. The number of nitriles is 1. The number of halogens is 1. The van der Waals surface area contributed by atoms with Crippen LogP contribution in [0.25, 0.3) is 0 Å². The highest BCUT2D eigenvalue weighted by Crippen LogP contribution is 2.15. The van der Waals surface area contributed by atoms with Gasteiger partial charge in [0, 0.05) is 4.53 Å². The number of hydrogen-bond acceptors (Lipinski definition) is 2. The van der Waals surface area contributed by atoms with E-state index in [1.165, 1.54) is 12.1 Å². The van der Waals surface area contributed by atoms with Crippen molar-refractivity contribution in [3.63, 3.8) is 0 Å². The number of benzene rings is 1. The third kappa shape index (κ3) is 2.59. The molecule has 0 amide bonds. The van der Waals surface area contributed by atoms with Crippen molar-refractivity contribution in [3.8, 4) is 11.8 Å². The van der Waals surface area contributed by atoms with E-state index in [4.69, 9.17) is 5.26 Å². The molecule has 0 radical (unpaired) electrons. The molecule has 0 fully saturated rings. The standard InChI is InChI=1S/C7H4FNO.C2H6/c8-10-7-4-2-1-3-6(7)5-9;1-2/h1-4H;1-2H3. The maximum absolute atomic E-state index is 11.5. The Balaban J connectivity index is 0.000000561. The number of nitrogens with zero attached hydrogens (tertiary/aromatic N) is 1. The molecule has 0 unspecified atom stereocenters. The van der Waals surface area contributed by atoms with E-state index in [2.05, 4.69) is 4.94 Å². The summed E-state index contributed by atoms with van der Waals surface area (Å²) in [6, 6.07) is 7.88. The average molecular weight is 167 g/mol. The molecular formula is C9H10FNO. The van der Waals surface area contributed by atoms with Crippen LogP contribution in [0, 0.1) is 11.3 Å². The zero-order valence-electron chi connectivity index (χ0n) is 7.04. The summed E-state index contributed by atoms with van der Waals surface area (Å²) in [5.74, 6) is -0.0370. The summed E-state index contributed by atoms with van der Waals surface area (Å²) in [4.78, 5) is 3.41. The number of para-hydroxylation sites is 1. The SMILES string of the molecule is CC.N#Cc1ccccc1OF. The number of hydrogen-bond donors (Lipinski definition) is 0. The largest absolute Gasteiger partial charge is 0.293 e. The first kappa shape index (κ1) is 10.4. The molecule has 0 atom stereocenters. The molecule has 0 saturated carbocycles. The normalized spacial score (nSPS) is 7.50. The van der Waals surface area contributed by atoms with Crippen LogP contribution in [0.15, 0.2) is 24.3 Å². The Labute approximate surface area is 71.1 Å². The van der Waals surface area contributed by atoms with Gasteiger partial charge < -0.3 is 0 Å². The van der Waals surface area contributed by atoms with Crippen molar-refractivity contribution in [3.05, 3.63) is 29.8 Å². The summed E-state index contributed by atoms with van der Waals surface area (Å²) < 4.78 is 11.5. The van der Waals surface area contributed by atoms with Crippen LogP contribution >= 0.6 is 0 Å². The fourth-order valence-electron chi connectivity index (χ4n) is 0.626. The first-order valence-electron chi connectivity index (χ1n) is 3.66. The van der Waals surface area contributed by atoms with Crippen LogP contribution in [0.1, 0.15) is 19.4 Å². The zero-order valence-corrected chi connectivity index (χ0v) is 7.04. The summed E-state index contributed by atoms with van der Waals surface area (Å²) >= 11 is 0. The predicted octanol–water partition coefficient (Wildman–Crippen LogP) is 2.85. The van der Waals surface area contributed by atoms with E-state index in [0.29, 0.717) is 0 Å². The molecule has 0 aliphatic heterocycles. The van der Waals surface area contributed by atoms with E-state index in [-0.39, 0.29) is 11.3 Å². The van der Waals surface area contributed by atoms with Crippen LogP contribution in [0.2, 0.25) is 0 Å². The van der Waals surface area contributed by atoms with Crippen LogP contribution in [-0.4, -0.2) is 0 Å². The highest BCUT2D eigenvalue weighted by Gasteiger charge is 1.99. The van der Waals surface area contributed by atoms with Crippen LogP contribution in [0.5, 0.6) is 5.75 Å². The molecule has 0 aromatic heterocycles.